The maximum Gasteiger partial charge on any atom is 0.0358 e. The third kappa shape index (κ3) is 1.35. The Morgan fingerprint density at radius 3 is 2.71 bits per heavy atom. The molecule has 0 unspecified atom stereocenters. The molecule has 0 fully saturated rings. The molecule has 1 heteroatoms. The van der Waals surface area contributed by atoms with Crippen molar-refractivity contribution in [2.75, 3.05) is 0 Å². The summed E-state index contributed by atoms with van der Waals surface area (Å²) >= 11 is 1.93. The van der Waals surface area contributed by atoms with Gasteiger partial charge >= 0.3 is 0 Å². The minimum Gasteiger partial charge on any atom is -0.135 e. The van der Waals surface area contributed by atoms with Gasteiger partial charge in [0.05, 0.1) is 0 Å². The first kappa shape index (κ1) is 9.67. The van der Waals surface area contributed by atoms with E-state index in [-0.39, 0.29) is 0 Å². The molecule has 1 aliphatic carbocycles. The van der Waals surface area contributed by atoms with Crippen LogP contribution in [-0.4, -0.2) is 0 Å². The fourth-order valence-corrected chi connectivity index (χ4v) is 4.20. The summed E-state index contributed by atoms with van der Waals surface area (Å²) in [4.78, 5) is 0. The summed E-state index contributed by atoms with van der Waals surface area (Å²) in [6.07, 6.45) is 5.26. The normalized spacial score (nSPS) is 15.3. The smallest absolute Gasteiger partial charge is 0.0358 e. The zero-order valence-corrected chi connectivity index (χ0v) is 10.5. The van der Waals surface area contributed by atoms with Gasteiger partial charge in [-0.3, -0.25) is 0 Å². The molecule has 0 N–H and O–H groups in total. The fourth-order valence-electron chi connectivity index (χ4n) is 3.07. The van der Waals surface area contributed by atoms with E-state index in [0.29, 0.717) is 0 Å². The van der Waals surface area contributed by atoms with Gasteiger partial charge in [0.2, 0.25) is 0 Å². The highest BCUT2D eigenvalue weighted by atomic mass is 32.1. The highest BCUT2D eigenvalue weighted by Crippen LogP contribution is 2.39. The van der Waals surface area contributed by atoms with Crippen molar-refractivity contribution < 1.29 is 0 Å². The maximum absolute atomic E-state index is 2.35. The highest BCUT2D eigenvalue weighted by molar-refractivity contribution is 7.25. The first-order chi connectivity index (χ1) is 8.43. The molecule has 0 aliphatic heterocycles. The van der Waals surface area contributed by atoms with E-state index in [9.17, 15) is 0 Å². The van der Waals surface area contributed by atoms with Gasteiger partial charge < -0.3 is 0 Å². The summed E-state index contributed by atoms with van der Waals surface area (Å²) in [5, 5.41) is 3.01. The van der Waals surface area contributed by atoms with E-state index < -0.39 is 0 Å². The van der Waals surface area contributed by atoms with Crippen LogP contribution in [0, 0.1) is 0 Å². The molecule has 0 bridgehead atoms. The molecule has 1 aliphatic rings. The summed E-state index contributed by atoms with van der Waals surface area (Å²) in [5.41, 5.74) is 3.22. The Hall–Kier alpha value is -1.34. The van der Waals surface area contributed by atoms with Crippen molar-refractivity contribution in [2.45, 2.75) is 25.7 Å². The third-order valence-electron chi connectivity index (χ3n) is 3.87. The van der Waals surface area contributed by atoms with Crippen LogP contribution < -0.4 is 0 Å². The van der Waals surface area contributed by atoms with Crippen molar-refractivity contribution in [1.82, 2.24) is 0 Å². The van der Waals surface area contributed by atoms with E-state index in [2.05, 4.69) is 36.4 Å². The van der Waals surface area contributed by atoms with Gasteiger partial charge in [-0.1, -0.05) is 24.3 Å². The minimum absolute atomic E-state index is 1.27. The molecular formula is C16H14S. The van der Waals surface area contributed by atoms with Gasteiger partial charge in [0, 0.05) is 20.2 Å². The Labute approximate surface area is 105 Å². The Balaban J connectivity index is 2.20. The fraction of sp³-hybridized carbons (Fsp3) is 0.250. The highest BCUT2D eigenvalue weighted by Gasteiger charge is 2.15. The second-order valence-corrected chi connectivity index (χ2v) is 5.97. The standard InChI is InChI=1S/C16H14S/c1-2-6-12-11(5-1)9-10-15-16(12)13-7-3-4-8-14(13)17-15/h3-4,7-10H,1-2,5-6H2. The Bertz CT molecular complexity index is 706. The van der Waals surface area contributed by atoms with Crippen LogP contribution in [-0.2, 0) is 12.8 Å². The van der Waals surface area contributed by atoms with E-state index >= 15 is 0 Å². The van der Waals surface area contributed by atoms with Crippen LogP contribution in [0.4, 0.5) is 0 Å². The molecule has 0 atom stereocenters. The molecule has 1 aromatic heterocycles. The van der Waals surface area contributed by atoms with Gasteiger partial charge in [0.25, 0.3) is 0 Å². The molecule has 0 nitrogen and oxygen atoms in total. The molecule has 0 saturated carbocycles. The molecule has 4 rings (SSSR count). The van der Waals surface area contributed by atoms with Crippen molar-refractivity contribution in [3.63, 3.8) is 0 Å². The lowest BCUT2D eigenvalue weighted by Gasteiger charge is -2.16. The van der Waals surface area contributed by atoms with Crippen molar-refractivity contribution >= 4 is 31.5 Å². The second kappa shape index (κ2) is 3.58. The van der Waals surface area contributed by atoms with Crippen LogP contribution in [0.2, 0.25) is 0 Å². The van der Waals surface area contributed by atoms with Crippen molar-refractivity contribution in [3.05, 3.63) is 47.5 Å². The van der Waals surface area contributed by atoms with Gasteiger partial charge in [-0.25, -0.2) is 0 Å². The molecule has 1 heterocycles. The summed E-state index contributed by atoms with van der Waals surface area (Å²) in [6, 6.07) is 13.5. The zero-order chi connectivity index (χ0) is 11.2. The molecule has 3 aromatic rings. The molecule has 2 aromatic carbocycles. The number of fused-ring (bicyclic) bond motifs is 5. The molecule has 0 saturated heterocycles. The average molecular weight is 238 g/mol. The van der Waals surface area contributed by atoms with Gasteiger partial charge in [-0.15, -0.1) is 11.3 Å². The Morgan fingerprint density at radius 2 is 1.71 bits per heavy atom. The number of rotatable bonds is 0. The molecule has 0 spiro atoms. The predicted molar refractivity (Wildman–Crippen MR) is 76.0 cm³/mol. The van der Waals surface area contributed by atoms with E-state index in [1.165, 1.54) is 40.5 Å². The van der Waals surface area contributed by atoms with Crippen molar-refractivity contribution in [2.24, 2.45) is 0 Å². The first-order valence-corrected chi connectivity index (χ1v) is 7.17. The second-order valence-electron chi connectivity index (χ2n) is 4.88. The zero-order valence-electron chi connectivity index (χ0n) is 9.70. The predicted octanol–water partition coefficient (Wildman–Crippen LogP) is 4.93. The number of hydrogen-bond donors (Lipinski definition) is 0. The molecule has 0 radical (unpaired) electrons. The van der Waals surface area contributed by atoms with Crippen LogP contribution in [0.25, 0.3) is 20.2 Å². The van der Waals surface area contributed by atoms with Crippen molar-refractivity contribution in [3.8, 4) is 0 Å². The molecular weight excluding hydrogens is 224 g/mol. The van der Waals surface area contributed by atoms with E-state index in [4.69, 9.17) is 0 Å². The van der Waals surface area contributed by atoms with E-state index in [1.807, 2.05) is 11.3 Å². The van der Waals surface area contributed by atoms with E-state index in [1.54, 1.807) is 16.5 Å². The first-order valence-electron chi connectivity index (χ1n) is 6.35. The average Bonchev–Trinajstić information content (AvgIpc) is 2.77. The SMILES string of the molecule is c1ccc2c(c1)sc1ccc3c(c12)CCCC3. The van der Waals surface area contributed by atoms with Gasteiger partial charge in [-0.2, -0.15) is 0 Å². The minimum atomic E-state index is 1.27. The Morgan fingerprint density at radius 1 is 0.824 bits per heavy atom. The largest absolute Gasteiger partial charge is 0.135 e. The molecule has 84 valence electrons. The van der Waals surface area contributed by atoms with Crippen LogP contribution in [0.1, 0.15) is 24.0 Å². The maximum atomic E-state index is 2.35. The summed E-state index contributed by atoms with van der Waals surface area (Å²) in [5.74, 6) is 0. The van der Waals surface area contributed by atoms with Crippen LogP contribution in [0.15, 0.2) is 36.4 Å². The monoisotopic (exact) mass is 238 g/mol. The lowest BCUT2D eigenvalue weighted by molar-refractivity contribution is 0.690. The quantitative estimate of drug-likeness (QED) is 0.520. The molecule has 17 heavy (non-hydrogen) atoms. The number of aryl methyl sites for hydroxylation is 2. The lowest BCUT2D eigenvalue weighted by Crippen LogP contribution is -2.02. The number of thiophene rings is 1. The lowest BCUT2D eigenvalue weighted by atomic mass is 9.89. The number of benzene rings is 2. The van der Waals surface area contributed by atoms with Gasteiger partial charge in [0.15, 0.2) is 0 Å². The molecule has 0 amide bonds. The third-order valence-corrected chi connectivity index (χ3v) is 5.01. The summed E-state index contributed by atoms with van der Waals surface area (Å²) in [6.45, 7) is 0. The summed E-state index contributed by atoms with van der Waals surface area (Å²) in [7, 11) is 0. The van der Waals surface area contributed by atoms with Crippen LogP contribution >= 0.6 is 11.3 Å². The van der Waals surface area contributed by atoms with E-state index in [0.717, 1.165) is 0 Å². The topological polar surface area (TPSA) is 0 Å². The van der Waals surface area contributed by atoms with Gasteiger partial charge in [-0.05, 0) is 48.9 Å². The Kier molecular flexibility index (Phi) is 2.03. The summed E-state index contributed by atoms with van der Waals surface area (Å²) < 4.78 is 2.90. The van der Waals surface area contributed by atoms with Gasteiger partial charge in [0.1, 0.15) is 0 Å². The number of hydrogen-bond acceptors (Lipinski definition) is 1. The van der Waals surface area contributed by atoms with Crippen molar-refractivity contribution in [1.29, 1.82) is 0 Å². The van der Waals surface area contributed by atoms with Crippen LogP contribution in [0.3, 0.4) is 0 Å². The van der Waals surface area contributed by atoms with Crippen LogP contribution in [0.5, 0.6) is 0 Å².